The number of fused-ring (bicyclic) bond motifs is 2. The summed E-state index contributed by atoms with van der Waals surface area (Å²) in [5, 5.41) is 2.72. The van der Waals surface area contributed by atoms with Gasteiger partial charge in [0, 0.05) is 36.6 Å². The summed E-state index contributed by atoms with van der Waals surface area (Å²) in [5.41, 5.74) is 2.86. The summed E-state index contributed by atoms with van der Waals surface area (Å²) >= 11 is 0. The van der Waals surface area contributed by atoms with Gasteiger partial charge in [-0.3, -0.25) is 4.57 Å². The number of nitrogens with zero attached hydrogens (tertiary/aromatic N) is 2. The summed E-state index contributed by atoms with van der Waals surface area (Å²) in [6.45, 7) is 16.5. The van der Waals surface area contributed by atoms with Gasteiger partial charge in [-0.1, -0.05) is 76.6 Å². The van der Waals surface area contributed by atoms with Gasteiger partial charge in [0.25, 0.3) is 0 Å². The molecule has 1 aromatic carbocycles. The summed E-state index contributed by atoms with van der Waals surface area (Å²) in [6, 6.07) is 10.8. The molecule has 0 fully saturated rings. The lowest BCUT2D eigenvalue weighted by atomic mass is 9.84. The van der Waals surface area contributed by atoms with E-state index in [9.17, 15) is 4.57 Å². The van der Waals surface area contributed by atoms with Crippen LogP contribution in [0.3, 0.4) is 0 Å². The van der Waals surface area contributed by atoms with Crippen LogP contribution < -0.4 is 0 Å². The minimum atomic E-state index is -2.73. The zero-order chi connectivity index (χ0) is 19.8. The monoisotopic (exact) mass is 404 g/mol. The molecule has 0 amide bonds. The summed E-state index contributed by atoms with van der Waals surface area (Å²) in [4.78, 5) is 0. The van der Waals surface area contributed by atoms with Crippen molar-refractivity contribution in [2.75, 3.05) is 32.3 Å². The van der Waals surface area contributed by atoms with Crippen LogP contribution in [0.5, 0.6) is 0 Å². The molecule has 148 valence electrons. The third-order valence-electron chi connectivity index (χ3n) is 6.27. The smallest absolute Gasteiger partial charge is 0.246 e. The Balaban J connectivity index is 2.14. The van der Waals surface area contributed by atoms with Crippen molar-refractivity contribution in [3.63, 3.8) is 0 Å². The first-order valence-corrected chi connectivity index (χ1v) is 13.4. The second-order valence-electron chi connectivity index (χ2n) is 7.67. The molecule has 5 heteroatoms. The highest BCUT2D eigenvalue weighted by Gasteiger charge is 2.53. The highest BCUT2D eigenvalue weighted by atomic mass is 31.2. The van der Waals surface area contributed by atoms with Crippen molar-refractivity contribution in [1.29, 1.82) is 0 Å². The lowest BCUT2D eigenvalue weighted by Crippen LogP contribution is -2.32. The van der Waals surface area contributed by atoms with E-state index < -0.39 is 15.4 Å². The van der Waals surface area contributed by atoms with Crippen molar-refractivity contribution < 1.29 is 4.57 Å². The Morgan fingerprint density at radius 2 is 1.52 bits per heavy atom. The van der Waals surface area contributed by atoms with Crippen LogP contribution in [-0.2, 0) is 4.57 Å². The highest BCUT2D eigenvalue weighted by molar-refractivity contribution is 7.88. The van der Waals surface area contributed by atoms with Crippen molar-refractivity contribution in [1.82, 2.24) is 9.34 Å². The molecule has 2 aliphatic heterocycles. The molecule has 2 bridgehead atoms. The van der Waals surface area contributed by atoms with Crippen LogP contribution in [0.25, 0.3) is 5.31 Å². The Morgan fingerprint density at radius 3 is 1.96 bits per heavy atom. The SMILES string of the molecule is CCN(CC)P(=O)(C1=CC2(C)CP1C(c1ccccc1)=C2C)N(CC)CC. The van der Waals surface area contributed by atoms with Gasteiger partial charge < -0.3 is 0 Å². The molecular formula is C22H34N2OP2. The Kier molecular flexibility index (Phi) is 6.19. The largest absolute Gasteiger partial charge is 0.283 e. The van der Waals surface area contributed by atoms with Crippen LogP contribution in [0.4, 0.5) is 0 Å². The Labute approximate surface area is 166 Å². The maximum Gasteiger partial charge on any atom is 0.246 e. The van der Waals surface area contributed by atoms with Crippen molar-refractivity contribution in [2.45, 2.75) is 41.5 Å². The van der Waals surface area contributed by atoms with E-state index in [2.05, 4.69) is 87.3 Å². The van der Waals surface area contributed by atoms with Gasteiger partial charge in [0.05, 0.1) is 0 Å². The number of benzene rings is 1. The first-order chi connectivity index (χ1) is 12.9. The zero-order valence-electron chi connectivity index (χ0n) is 17.7. The average molecular weight is 404 g/mol. The van der Waals surface area contributed by atoms with Crippen LogP contribution >= 0.6 is 15.4 Å². The fourth-order valence-electron chi connectivity index (χ4n) is 4.60. The van der Waals surface area contributed by atoms with Gasteiger partial charge in [-0.25, -0.2) is 9.34 Å². The molecule has 1 aromatic rings. The van der Waals surface area contributed by atoms with Gasteiger partial charge in [0.15, 0.2) is 0 Å². The molecular weight excluding hydrogens is 370 g/mol. The molecule has 0 radical (unpaired) electrons. The van der Waals surface area contributed by atoms with Crippen LogP contribution in [0.2, 0.25) is 0 Å². The normalized spacial score (nSPS) is 25.0. The third-order valence-corrected chi connectivity index (χ3v) is 14.0. The van der Waals surface area contributed by atoms with E-state index in [1.54, 1.807) is 0 Å². The first kappa shape index (κ1) is 21.0. The maximum atomic E-state index is 14.7. The molecule has 2 unspecified atom stereocenters. The molecule has 0 N–H and O–H groups in total. The minimum absolute atomic E-state index is 0.0577. The quantitative estimate of drug-likeness (QED) is 0.453. The van der Waals surface area contributed by atoms with Crippen molar-refractivity contribution in [3.05, 3.63) is 52.6 Å². The van der Waals surface area contributed by atoms with E-state index in [-0.39, 0.29) is 5.41 Å². The minimum Gasteiger partial charge on any atom is -0.283 e. The lowest BCUT2D eigenvalue weighted by molar-refractivity contribution is 0.367. The molecule has 2 heterocycles. The van der Waals surface area contributed by atoms with Crippen molar-refractivity contribution >= 4 is 20.7 Å². The number of allylic oxidation sites excluding steroid dienone is 2. The van der Waals surface area contributed by atoms with E-state index >= 15 is 0 Å². The van der Waals surface area contributed by atoms with Crippen LogP contribution in [-0.4, -0.2) is 41.7 Å². The molecule has 3 rings (SSSR count). The van der Waals surface area contributed by atoms with Gasteiger partial charge in [-0.2, -0.15) is 0 Å². The van der Waals surface area contributed by atoms with Gasteiger partial charge in [-0.15, -0.1) is 0 Å². The van der Waals surface area contributed by atoms with Gasteiger partial charge in [0.1, 0.15) is 0 Å². The van der Waals surface area contributed by atoms with Gasteiger partial charge >= 0.3 is 0 Å². The van der Waals surface area contributed by atoms with Gasteiger partial charge in [-0.05, 0) is 31.9 Å². The van der Waals surface area contributed by atoms with E-state index in [0.29, 0.717) is 0 Å². The number of rotatable bonds is 8. The molecule has 3 nitrogen and oxygen atoms in total. The fraction of sp³-hybridized carbons (Fsp3) is 0.545. The molecule has 0 aromatic heterocycles. The maximum absolute atomic E-state index is 14.7. The standard InChI is InChI=1S/C22H34N2OP2/c1-7-23(8-2)27(25,24(9-3)10-4)20-16-22(6)17-26(20)21(18(22)5)19-14-12-11-13-15-19/h11-16H,7-10,17H2,1-6H3. The topological polar surface area (TPSA) is 23.6 Å². The molecule has 0 spiro atoms. The molecule has 0 saturated carbocycles. The summed E-state index contributed by atoms with van der Waals surface area (Å²) in [7, 11) is -3.28. The van der Waals surface area contributed by atoms with Crippen molar-refractivity contribution in [3.8, 4) is 0 Å². The first-order valence-electron chi connectivity index (χ1n) is 10.3. The Bertz CT molecular complexity index is 778. The summed E-state index contributed by atoms with van der Waals surface area (Å²) < 4.78 is 19.2. The molecule has 0 aliphatic carbocycles. The van der Waals surface area contributed by atoms with Crippen LogP contribution in [0, 0.1) is 5.41 Å². The van der Waals surface area contributed by atoms with E-state index in [4.69, 9.17) is 0 Å². The highest BCUT2D eigenvalue weighted by Crippen LogP contribution is 2.83. The Morgan fingerprint density at radius 1 is 1.00 bits per heavy atom. The van der Waals surface area contributed by atoms with E-state index in [1.807, 2.05) is 0 Å². The second-order valence-corrected chi connectivity index (χ2v) is 12.8. The van der Waals surface area contributed by atoms with Crippen LogP contribution in [0.1, 0.15) is 47.1 Å². The predicted octanol–water partition coefficient (Wildman–Crippen LogP) is 6.65. The molecule has 2 atom stereocenters. The molecule has 2 aliphatic rings. The third kappa shape index (κ3) is 3.22. The van der Waals surface area contributed by atoms with E-state index in [0.717, 1.165) is 32.3 Å². The molecule has 0 saturated heterocycles. The van der Waals surface area contributed by atoms with Crippen LogP contribution in [0.15, 0.2) is 47.0 Å². The Hall–Kier alpha value is -0.720. The number of hydrogen-bond acceptors (Lipinski definition) is 1. The zero-order valence-corrected chi connectivity index (χ0v) is 19.5. The van der Waals surface area contributed by atoms with E-state index in [1.165, 1.54) is 21.5 Å². The average Bonchev–Trinajstić information content (AvgIpc) is 3.15. The summed E-state index contributed by atoms with van der Waals surface area (Å²) in [6.07, 6.45) is 3.53. The predicted molar refractivity (Wildman–Crippen MR) is 120 cm³/mol. The van der Waals surface area contributed by atoms with Gasteiger partial charge in [0.2, 0.25) is 7.44 Å². The summed E-state index contributed by atoms with van der Waals surface area (Å²) in [5.74, 6) is 0. The second kappa shape index (κ2) is 7.96. The van der Waals surface area contributed by atoms with Crippen molar-refractivity contribution in [2.24, 2.45) is 5.41 Å². The lowest BCUT2D eigenvalue weighted by Gasteiger charge is -2.41. The molecule has 27 heavy (non-hydrogen) atoms. The fourth-order valence-corrected chi connectivity index (χ4v) is 13.2. The number of hydrogen-bond donors (Lipinski definition) is 0.